The third kappa shape index (κ3) is 4.55. The maximum absolute atomic E-state index is 12.0. The molecule has 0 bridgehead atoms. The van der Waals surface area contributed by atoms with Crippen molar-refractivity contribution in [1.82, 2.24) is 10.3 Å². The molecule has 0 aliphatic heterocycles. The average molecular weight is 293 g/mol. The van der Waals surface area contributed by atoms with Crippen molar-refractivity contribution in [3.8, 4) is 0 Å². The largest absolute Gasteiger partial charge is 0.478 e. The second kappa shape index (κ2) is 6.34. The zero-order chi connectivity index (χ0) is 16.2. The summed E-state index contributed by atoms with van der Waals surface area (Å²) in [5.41, 5.74) is -0.730. The van der Waals surface area contributed by atoms with Gasteiger partial charge in [-0.25, -0.2) is 9.78 Å². The number of carboxylic acid groups (broad SMARTS) is 1. The first-order valence-corrected chi connectivity index (χ1v) is 6.43. The highest BCUT2D eigenvalue weighted by Gasteiger charge is 2.25. The number of nitrogens with zero attached hydrogens (tertiary/aromatic N) is 1. The lowest BCUT2D eigenvalue weighted by Gasteiger charge is -2.21. The predicted molar refractivity (Wildman–Crippen MR) is 76.9 cm³/mol. The molecule has 0 saturated heterocycles. The van der Waals surface area contributed by atoms with Crippen LogP contribution in [-0.2, 0) is 9.59 Å². The van der Waals surface area contributed by atoms with Gasteiger partial charge in [-0.2, -0.15) is 0 Å². The van der Waals surface area contributed by atoms with Crippen LogP contribution in [0.5, 0.6) is 0 Å². The van der Waals surface area contributed by atoms with Crippen LogP contribution in [0.3, 0.4) is 0 Å². The smallest absolute Gasteiger partial charge is 0.339 e. The van der Waals surface area contributed by atoms with Gasteiger partial charge in [0, 0.05) is 11.6 Å². The monoisotopic (exact) mass is 293 g/mol. The first kappa shape index (κ1) is 16.6. The highest BCUT2D eigenvalue weighted by Crippen LogP contribution is 2.14. The third-order valence-electron chi connectivity index (χ3n) is 2.70. The lowest BCUT2D eigenvalue weighted by Crippen LogP contribution is -2.46. The van der Waals surface area contributed by atoms with Crippen molar-refractivity contribution in [2.24, 2.45) is 5.41 Å². The van der Waals surface area contributed by atoms with Crippen molar-refractivity contribution in [3.63, 3.8) is 0 Å². The maximum atomic E-state index is 12.0. The number of hydrogen-bond donors (Lipinski definition) is 3. The number of rotatable bonds is 4. The summed E-state index contributed by atoms with van der Waals surface area (Å²) >= 11 is 0. The van der Waals surface area contributed by atoms with E-state index in [2.05, 4.69) is 15.6 Å². The number of nitrogens with one attached hydrogen (secondary N) is 2. The molecule has 0 aliphatic rings. The highest BCUT2D eigenvalue weighted by molar-refractivity contribution is 6.02. The molecule has 1 heterocycles. The normalized spacial score (nSPS) is 12.4. The summed E-state index contributed by atoms with van der Waals surface area (Å²) in [6.07, 6.45) is 1.38. The molecule has 114 valence electrons. The van der Waals surface area contributed by atoms with Crippen LogP contribution in [0.2, 0.25) is 0 Å². The zero-order valence-corrected chi connectivity index (χ0v) is 12.4. The number of pyridine rings is 1. The minimum absolute atomic E-state index is 0.0492. The van der Waals surface area contributed by atoms with E-state index in [1.165, 1.54) is 25.3 Å². The number of carboxylic acids is 1. The molecule has 2 amide bonds. The molecule has 0 aromatic carbocycles. The Hall–Kier alpha value is -2.44. The first-order valence-electron chi connectivity index (χ1n) is 6.43. The first-order chi connectivity index (χ1) is 9.62. The van der Waals surface area contributed by atoms with Crippen LogP contribution in [0.4, 0.5) is 5.82 Å². The van der Waals surface area contributed by atoms with Crippen LogP contribution in [0.1, 0.15) is 38.1 Å². The Bertz CT molecular complexity index is 564. The lowest BCUT2D eigenvalue weighted by atomic mass is 9.95. The second-order valence-electron chi connectivity index (χ2n) is 5.64. The van der Waals surface area contributed by atoms with Gasteiger partial charge >= 0.3 is 5.97 Å². The third-order valence-corrected chi connectivity index (χ3v) is 2.70. The van der Waals surface area contributed by atoms with Crippen LogP contribution in [0.15, 0.2) is 18.3 Å². The number of hydrogen-bond acceptors (Lipinski definition) is 4. The summed E-state index contributed by atoms with van der Waals surface area (Å²) in [6.45, 7) is 6.71. The molecule has 21 heavy (non-hydrogen) atoms. The van der Waals surface area contributed by atoms with E-state index in [0.717, 1.165) is 0 Å². The minimum Gasteiger partial charge on any atom is -0.478 e. The topological polar surface area (TPSA) is 108 Å². The molecule has 7 heteroatoms. The molecular weight excluding hydrogens is 274 g/mol. The van der Waals surface area contributed by atoms with Crippen molar-refractivity contribution in [2.45, 2.75) is 33.7 Å². The van der Waals surface area contributed by atoms with Gasteiger partial charge in [0.1, 0.15) is 17.4 Å². The Morgan fingerprint density at radius 1 is 1.29 bits per heavy atom. The van der Waals surface area contributed by atoms with Gasteiger partial charge in [0.25, 0.3) is 0 Å². The molecule has 0 radical (unpaired) electrons. The Labute approximate surface area is 122 Å². The van der Waals surface area contributed by atoms with Gasteiger partial charge in [-0.1, -0.05) is 20.8 Å². The van der Waals surface area contributed by atoms with Gasteiger partial charge in [-0.15, -0.1) is 0 Å². The van der Waals surface area contributed by atoms with Crippen LogP contribution >= 0.6 is 0 Å². The van der Waals surface area contributed by atoms with E-state index < -0.39 is 23.3 Å². The summed E-state index contributed by atoms with van der Waals surface area (Å²) in [4.78, 5) is 38.6. The molecule has 1 aromatic heterocycles. The van der Waals surface area contributed by atoms with E-state index in [1.54, 1.807) is 20.8 Å². The molecule has 0 aliphatic carbocycles. The van der Waals surface area contributed by atoms with Crippen molar-refractivity contribution in [1.29, 1.82) is 0 Å². The fourth-order valence-corrected chi connectivity index (χ4v) is 1.38. The van der Waals surface area contributed by atoms with Crippen molar-refractivity contribution in [2.75, 3.05) is 5.32 Å². The number of carbonyl (C=O) groups is 3. The lowest BCUT2D eigenvalue weighted by molar-refractivity contribution is -0.131. The van der Waals surface area contributed by atoms with E-state index in [-0.39, 0.29) is 17.3 Å². The van der Waals surface area contributed by atoms with Gasteiger partial charge in [-0.05, 0) is 19.1 Å². The quantitative estimate of drug-likeness (QED) is 0.774. The van der Waals surface area contributed by atoms with E-state index in [1.807, 2.05) is 0 Å². The van der Waals surface area contributed by atoms with E-state index in [9.17, 15) is 14.4 Å². The summed E-state index contributed by atoms with van der Waals surface area (Å²) < 4.78 is 0. The molecule has 3 N–H and O–H groups in total. The summed E-state index contributed by atoms with van der Waals surface area (Å²) in [5.74, 6) is -2.05. The Morgan fingerprint density at radius 3 is 2.43 bits per heavy atom. The van der Waals surface area contributed by atoms with Gasteiger partial charge < -0.3 is 15.7 Å². The number of aromatic carboxylic acids is 1. The van der Waals surface area contributed by atoms with Crippen molar-refractivity contribution < 1.29 is 19.5 Å². The fraction of sp³-hybridized carbons (Fsp3) is 0.429. The van der Waals surface area contributed by atoms with Gasteiger partial charge in [0.2, 0.25) is 11.8 Å². The van der Waals surface area contributed by atoms with Gasteiger partial charge in [0.15, 0.2) is 0 Å². The fourth-order valence-electron chi connectivity index (χ4n) is 1.38. The van der Waals surface area contributed by atoms with Crippen LogP contribution in [0.25, 0.3) is 0 Å². The number of amides is 2. The number of carbonyl (C=O) groups excluding carboxylic acids is 2. The van der Waals surface area contributed by atoms with E-state index >= 15 is 0 Å². The van der Waals surface area contributed by atoms with Crippen LogP contribution in [-0.4, -0.2) is 33.9 Å². The number of anilines is 1. The van der Waals surface area contributed by atoms with Crippen LogP contribution in [0, 0.1) is 5.41 Å². The molecule has 0 saturated carbocycles. The predicted octanol–water partition coefficient (Wildman–Crippen LogP) is 1.27. The molecule has 7 nitrogen and oxygen atoms in total. The SMILES string of the molecule is CC(NC(=O)C(C)(C)C)C(=O)Nc1ncccc1C(=O)O. The number of aromatic nitrogens is 1. The molecule has 1 atom stereocenters. The average Bonchev–Trinajstić information content (AvgIpc) is 2.37. The Morgan fingerprint density at radius 2 is 1.90 bits per heavy atom. The second-order valence-corrected chi connectivity index (χ2v) is 5.64. The molecule has 0 fully saturated rings. The summed E-state index contributed by atoms with van der Waals surface area (Å²) in [5, 5.41) is 14.0. The molecule has 1 unspecified atom stereocenters. The van der Waals surface area contributed by atoms with Crippen molar-refractivity contribution >= 4 is 23.6 Å². The highest BCUT2D eigenvalue weighted by atomic mass is 16.4. The van der Waals surface area contributed by atoms with E-state index in [4.69, 9.17) is 5.11 Å². The van der Waals surface area contributed by atoms with E-state index in [0.29, 0.717) is 0 Å². The van der Waals surface area contributed by atoms with Crippen molar-refractivity contribution in [3.05, 3.63) is 23.9 Å². The molecule has 1 aromatic rings. The minimum atomic E-state index is -1.19. The zero-order valence-electron chi connectivity index (χ0n) is 12.4. The van der Waals surface area contributed by atoms with Gasteiger partial charge in [0.05, 0.1) is 0 Å². The van der Waals surface area contributed by atoms with Gasteiger partial charge in [-0.3, -0.25) is 9.59 Å². The standard InChI is InChI=1S/C14H19N3O4/c1-8(16-13(21)14(2,3)4)11(18)17-10-9(12(19)20)6-5-7-15-10/h5-8H,1-4H3,(H,16,21)(H,19,20)(H,15,17,18). The Kier molecular flexibility index (Phi) is 5.02. The molecule has 0 spiro atoms. The van der Waals surface area contributed by atoms with Crippen LogP contribution < -0.4 is 10.6 Å². The summed E-state index contributed by atoms with van der Waals surface area (Å²) in [7, 11) is 0. The summed E-state index contributed by atoms with van der Waals surface area (Å²) in [6, 6.07) is 1.99. The maximum Gasteiger partial charge on any atom is 0.339 e. The Balaban J connectivity index is 2.78. The molecular formula is C14H19N3O4. The molecule has 1 rings (SSSR count).